The standard InChI is InChI=1S/C21H17ClN2O3S2/c1-26-14-7-9-16(10-8-14)28-13-19(25)24(12-15-4-3-11-27-15)21-23-20-17(22)5-2-6-18(20)29-21/h2-11H,12-13H2,1H3. The first-order valence-corrected chi connectivity index (χ1v) is 11.0. The molecular weight excluding hydrogens is 428 g/mol. The smallest absolute Gasteiger partial charge is 0.239 e. The Morgan fingerprint density at radius 1 is 1.21 bits per heavy atom. The maximum absolute atomic E-state index is 13.1. The molecule has 4 aromatic rings. The van der Waals surface area contributed by atoms with Crippen molar-refractivity contribution in [2.75, 3.05) is 17.8 Å². The van der Waals surface area contributed by atoms with Crippen LogP contribution in [0.5, 0.6) is 5.75 Å². The molecule has 0 aliphatic heterocycles. The van der Waals surface area contributed by atoms with Crippen LogP contribution in [0, 0.1) is 0 Å². The number of fused-ring (bicyclic) bond motifs is 1. The molecule has 0 saturated carbocycles. The highest BCUT2D eigenvalue weighted by Crippen LogP contribution is 2.34. The fourth-order valence-electron chi connectivity index (χ4n) is 2.73. The molecule has 0 saturated heterocycles. The first-order chi connectivity index (χ1) is 14.1. The fraction of sp³-hybridized carbons (Fsp3) is 0.143. The highest BCUT2D eigenvalue weighted by Gasteiger charge is 2.22. The molecule has 0 bridgehead atoms. The van der Waals surface area contributed by atoms with Crippen LogP contribution in [-0.4, -0.2) is 23.8 Å². The number of furan rings is 1. The van der Waals surface area contributed by atoms with Gasteiger partial charge in [-0.2, -0.15) is 0 Å². The summed E-state index contributed by atoms with van der Waals surface area (Å²) >= 11 is 9.18. The summed E-state index contributed by atoms with van der Waals surface area (Å²) in [5, 5.41) is 1.17. The van der Waals surface area contributed by atoms with E-state index in [2.05, 4.69) is 4.98 Å². The number of rotatable bonds is 7. The first-order valence-electron chi connectivity index (χ1n) is 8.78. The van der Waals surface area contributed by atoms with E-state index in [1.807, 2.05) is 42.5 Å². The molecule has 0 N–H and O–H groups in total. The zero-order valence-corrected chi connectivity index (χ0v) is 17.9. The minimum atomic E-state index is -0.0580. The number of anilines is 1. The monoisotopic (exact) mass is 444 g/mol. The third-order valence-corrected chi connectivity index (χ3v) is 6.55. The molecule has 29 heavy (non-hydrogen) atoms. The highest BCUT2D eigenvalue weighted by atomic mass is 35.5. The van der Waals surface area contributed by atoms with Gasteiger partial charge in [-0.3, -0.25) is 9.69 Å². The van der Waals surface area contributed by atoms with Crippen LogP contribution in [-0.2, 0) is 11.3 Å². The molecule has 0 atom stereocenters. The van der Waals surface area contributed by atoms with Gasteiger partial charge in [-0.05, 0) is 48.5 Å². The van der Waals surface area contributed by atoms with Crippen molar-refractivity contribution in [2.45, 2.75) is 11.4 Å². The highest BCUT2D eigenvalue weighted by molar-refractivity contribution is 8.00. The Bertz CT molecular complexity index is 1110. The van der Waals surface area contributed by atoms with E-state index in [1.54, 1.807) is 30.4 Å². The normalized spacial score (nSPS) is 11.0. The number of methoxy groups -OCH3 is 1. The van der Waals surface area contributed by atoms with Crippen LogP contribution in [0.1, 0.15) is 5.76 Å². The summed E-state index contributed by atoms with van der Waals surface area (Å²) in [5.74, 6) is 1.69. The zero-order chi connectivity index (χ0) is 20.2. The number of carbonyl (C=O) groups is 1. The fourth-order valence-corrected chi connectivity index (χ4v) is 4.79. The number of carbonyl (C=O) groups excluding carboxylic acids is 1. The molecule has 0 unspecified atom stereocenters. The molecule has 0 radical (unpaired) electrons. The van der Waals surface area contributed by atoms with Gasteiger partial charge < -0.3 is 9.15 Å². The number of hydrogen-bond donors (Lipinski definition) is 0. The van der Waals surface area contributed by atoms with Gasteiger partial charge in [0.1, 0.15) is 17.0 Å². The molecule has 8 heteroatoms. The summed E-state index contributed by atoms with van der Waals surface area (Å²) in [6.07, 6.45) is 1.60. The van der Waals surface area contributed by atoms with Crippen molar-refractivity contribution in [3.63, 3.8) is 0 Å². The molecule has 0 aliphatic rings. The average molecular weight is 445 g/mol. The molecule has 0 aliphatic carbocycles. The Hall–Kier alpha value is -2.48. The number of halogens is 1. The summed E-state index contributed by atoms with van der Waals surface area (Å²) < 4.78 is 11.6. The molecule has 4 rings (SSSR count). The lowest BCUT2D eigenvalue weighted by atomic mass is 10.3. The molecule has 148 valence electrons. The van der Waals surface area contributed by atoms with Crippen LogP contribution in [0.15, 0.2) is 70.2 Å². The number of benzene rings is 2. The molecule has 0 fully saturated rings. The van der Waals surface area contributed by atoms with E-state index in [-0.39, 0.29) is 11.7 Å². The maximum atomic E-state index is 13.1. The lowest BCUT2D eigenvalue weighted by Gasteiger charge is -2.18. The van der Waals surface area contributed by atoms with Gasteiger partial charge in [0, 0.05) is 4.90 Å². The number of para-hydroxylation sites is 1. The van der Waals surface area contributed by atoms with Gasteiger partial charge in [0.05, 0.1) is 35.4 Å². The van der Waals surface area contributed by atoms with Crippen molar-refractivity contribution in [1.82, 2.24) is 4.98 Å². The Balaban J connectivity index is 1.57. The largest absolute Gasteiger partial charge is 0.497 e. The van der Waals surface area contributed by atoms with Gasteiger partial charge in [-0.1, -0.05) is 29.0 Å². The topological polar surface area (TPSA) is 55.6 Å². The van der Waals surface area contributed by atoms with Crippen LogP contribution < -0.4 is 9.64 Å². The molecule has 0 spiro atoms. The van der Waals surface area contributed by atoms with Gasteiger partial charge in [-0.15, -0.1) is 11.8 Å². The zero-order valence-electron chi connectivity index (χ0n) is 15.5. The molecule has 2 heterocycles. The Labute approximate surface area is 181 Å². The van der Waals surface area contributed by atoms with Crippen LogP contribution in [0.25, 0.3) is 10.2 Å². The van der Waals surface area contributed by atoms with E-state index >= 15 is 0 Å². The van der Waals surface area contributed by atoms with Gasteiger partial charge in [0.2, 0.25) is 5.91 Å². The molecule has 5 nitrogen and oxygen atoms in total. The Morgan fingerprint density at radius 3 is 2.72 bits per heavy atom. The van der Waals surface area contributed by atoms with Crippen molar-refractivity contribution in [3.8, 4) is 5.75 Å². The molecule has 2 aromatic heterocycles. The minimum Gasteiger partial charge on any atom is -0.497 e. The van der Waals surface area contributed by atoms with E-state index in [0.29, 0.717) is 28.0 Å². The first kappa shape index (κ1) is 19.8. The number of nitrogens with zero attached hydrogens (tertiary/aromatic N) is 2. The van der Waals surface area contributed by atoms with Gasteiger partial charge in [0.15, 0.2) is 5.13 Å². The summed E-state index contributed by atoms with van der Waals surface area (Å²) in [7, 11) is 1.63. The van der Waals surface area contributed by atoms with Gasteiger partial charge >= 0.3 is 0 Å². The second-order valence-electron chi connectivity index (χ2n) is 6.11. The van der Waals surface area contributed by atoms with E-state index in [1.165, 1.54) is 23.1 Å². The van der Waals surface area contributed by atoms with Gasteiger partial charge in [-0.25, -0.2) is 4.98 Å². The van der Waals surface area contributed by atoms with Crippen molar-refractivity contribution in [3.05, 3.63) is 71.6 Å². The van der Waals surface area contributed by atoms with E-state index < -0.39 is 0 Å². The number of thiazole rings is 1. The van der Waals surface area contributed by atoms with E-state index in [4.69, 9.17) is 20.8 Å². The molecular formula is C21H17ClN2O3S2. The second-order valence-corrected chi connectivity index (χ2v) is 8.57. The predicted octanol–water partition coefficient (Wildman–Crippen LogP) is 5.88. The molecule has 1 amide bonds. The van der Waals surface area contributed by atoms with Crippen molar-refractivity contribution < 1.29 is 13.9 Å². The number of aromatic nitrogens is 1. The van der Waals surface area contributed by atoms with Crippen LogP contribution in [0.2, 0.25) is 5.02 Å². The number of amides is 1. The van der Waals surface area contributed by atoms with Crippen LogP contribution >= 0.6 is 34.7 Å². The SMILES string of the molecule is COc1ccc(SCC(=O)N(Cc2ccco2)c2nc3c(Cl)cccc3s2)cc1. The number of thioether (sulfide) groups is 1. The molecule has 2 aromatic carbocycles. The quantitative estimate of drug-likeness (QED) is 0.333. The van der Waals surface area contributed by atoms with E-state index in [9.17, 15) is 4.79 Å². The number of ether oxygens (including phenoxy) is 1. The summed E-state index contributed by atoms with van der Waals surface area (Å²) in [6, 6.07) is 16.9. The van der Waals surface area contributed by atoms with Gasteiger partial charge in [0.25, 0.3) is 0 Å². The Morgan fingerprint density at radius 2 is 2.03 bits per heavy atom. The minimum absolute atomic E-state index is 0.0580. The predicted molar refractivity (Wildman–Crippen MR) is 118 cm³/mol. The third kappa shape index (κ3) is 4.58. The third-order valence-electron chi connectivity index (χ3n) is 4.21. The lowest BCUT2D eigenvalue weighted by molar-refractivity contribution is -0.116. The summed E-state index contributed by atoms with van der Waals surface area (Å²) in [6.45, 7) is 0.312. The van der Waals surface area contributed by atoms with Crippen molar-refractivity contribution in [2.24, 2.45) is 0 Å². The maximum Gasteiger partial charge on any atom is 0.239 e. The second kappa shape index (κ2) is 8.90. The number of hydrogen-bond acceptors (Lipinski definition) is 6. The summed E-state index contributed by atoms with van der Waals surface area (Å²) in [4.78, 5) is 20.4. The van der Waals surface area contributed by atoms with Crippen molar-refractivity contribution >= 4 is 56.0 Å². The lowest BCUT2D eigenvalue weighted by Crippen LogP contribution is -2.31. The van der Waals surface area contributed by atoms with Crippen LogP contribution in [0.4, 0.5) is 5.13 Å². The Kier molecular flexibility index (Phi) is 6.08. The van der Waals surface area contributed by atoms with Crippen molar-refractivity contribution in [1.29, 1.82) is 0 Å². The average Bonchev–Trinajstić information content (AvgIpc) is 3.41. The summed E-state index contributed by atoms with van der Waals surface area (Å²) in [5.41, 5.74) is 0.703. The van der Waals surface area contributed by atoms with Crippen LogP contribution in [0.3, 0.4) is 0 Å². The van der Waals surface area contributed by atoms with E-state index in [0.717, 1.165) is 15.3 Å².